The zero-order valence-electron chi connectivity index (χ0n) is 17.8. The second kappa shape index (κ2) is 11.2. The highest BCUT2D eigenvalue weighted by Gasteiger charge is 2.43. The summed E-state index contributed by atoms with van der Waals surface area (Å²) in [4.78, 5) is 0. The van der Waals surface area contributed by atoms with Gasteiger partial charge in [0, 0.05) is 11.1 Å². The van der Waals surface area contributed by atoms with Crippen LogP contribution in [0, 0.1) is 35.0 Å². The Kier molecular flexibility index (Phi) is 8.61. The predicted octanol–water partition coefficient (Wildman–Crippen LogP) is -4.05. The summed E-state index contributed by atoms with van der Waals surface area (Å²) in [5.74, 6) is 10.6. The van der Waals surface area contributed by atoms with Gasteiger partial charge in [0.2, 0.25) is 0 Å². The molecule has 2 aliphatic rings. The molecule has 34 heavy (non-hydrogen) atoms. The Balaban J connectivity index is 1.79. The van der Waals surface area contributed by atoms with E-state index in [0.29, 0.717) is 5.56 Å². The second-order valence-corrected chi connectivity index (χ2v) is 7.91. The van der Waals surface area contributed by atoms with Gasteiger partial charge in [-0.1, -0.05) is 23.7 Å². The summed E-state index contributed by atoms with van der Waals surface area (Å²) < 4.78 is 10.6. The second-order valence-electron chi connectivity index (χ2n) is 7.91. The molecule has 0 aliphatic carbocycles. The van der Waals surface area contributed by atoms with E-state index in [-0.39, 0.29) is 11.1 Å². The molecule has 2 heterocycles. The first-order valence-corrected chi connectivity index (χ1v) is 10.4. The van der Waals surface area contributed by atoms with Crippen LogP contribution in [0.1, 0.15) is 16.7 Å². The smallest absolute Gasteiger partial charge is 0.147 e. The lowest BCUT2D eigenvalue weighted by Gasteiger charge is -2.37. The van der Waals surface area contributed by atoms with Crippen LogP contribution < -0.4 is 0 Å². The zero-order chi connectivity index (χ0) is 25.0. The fourth-order valence-electron chi connectivity index (χ4n) is 3.57. The summed E-state index contributed by atoms with van der Waals surface area (Å²) in [6.45, 7) is -1.17. The lowest BCUT2D eigenvalue weighted by atomic mass is 9.95. The number of hydrogen-bond acceptors (Lipinski definition) is 11. The van der Waals surface area contributed by atoms with E-state index in [9.17, 15) is 46.1 Å². The molecule has 0 aromatic heterocycles. The number of nitriles is 1. The molecule has 3 rings (SSSR count). The largest absolute Gasteiger partial charge is 0.394 e. The Hall–Kier alpha value is -2.57. The lowest BCUT2D eigenvalue weighted by molar-refractivity contribution is -0.214. The summed E-state index contributed by atoms with van der Waals surface area (Å²) in [5.41, 5.74) is 0.738. The number of nitrogens with zero attached hydrogens (tertiary/aromatic N) is 1. The summed E-state index contributed by atoms with van der Waals surface area (Å²) in [6.07, 6.45) is -13.8. The van der Waals surface area contributed by atoms with E-state index in [1.807, 2.05) is 6.07 Å². The van der Waals surface area contributed by atoms with Crippen molar-refractivity contribution in [3.8, 4) is 29.8 Å². The molecule has 0 bridgehead atoms. The Morgan fingerprint density at radius 2 is 1.18 bits per heavy atom. The third-order valence-electron chi connectivity index (χ3n) is 5.63. The van der Waals surface area contributed by atoms with Gasteiger partial charge >= 0.3 is 0 Å². The van der Waals surface area contributed by atoms with E-state index < -0.39 is 74.3 Å². The molecule has 0 saturated carbocycles. The lowest BCUT2D eigenvalue weighted by Crippen LogP contribution is -2.58. The molecule has 0 radical (unpaired) electrons. The molecular weight excluding hydrogens is 450 g/mol. The van der Waals surface area contributed by atoms with E-state index in [0.717, 1.165) is 0 Å². The Morgan fingerprint density at radius 3 is 1.65 bits per heavy atom. The van der Waals surface area contributed by atoms with Gasteiger partial charge in [0.1, 0.15) is 67.1 Å². The molecular formula is C23H25NO10. The standard InChI is InChI=1S/C23H25NO10/c24-8-13-7-11(2-5-14-18(27)22(31)20(29)16(9-25)33-14)1-3-12(13)4-6-15-19(28)23(32)21(30)17(10-26)34-15/h1,3,7,14-23,25-32H,9-10H2/t14-,15-,16-,17-,18-,19-,20-,21-,22-,23-/m1/s1. The average molecular weight is 475 g/mol. The molecule has 2 fully saturated rings. The molecule has 0 spiro atoms. The van der Waals surface area contributed by atoms with Crippen molar-refractivity contribution < 1.29 is 50.3 Å². The van der Waals surface area contributed by atoms with Crippen LogP contribution in [0.2, 0.25) is 0 Å². The normalized spacial score (nSPS) is 37.5. The minimum atomic E-state index is -1.57. The van der Waals surface area contributed by atoms with Crippen LogP contribution >= 0.6 is 0 Å². The van der Waals surface area contributed by atoms with Crippen molar-refractivity contribution in [3.63, 3.8) is 0 Å². The van der Waals surface area contributed by atoms with Crippen LogP contribution in [0.15, 0.2) is 18.2 Å². The van der Waals surface area contributed by atoms with Gasteiger partial charge in [0.05, 0.1) is 18.8 Å². The average Bonchev–Trinajstić information content (AvgIpc) is 2.85. The molecule has 1 aromatic carbocycles. The van der Waals surface area contributed by atoms with E-state index in [4.69, 9.17) is 9.47 Å². The van der Waals surface area contributed by atoms with Crippen molar-refractivity contribution in [3.05, 3.63) is 34.9 Å². The SMILES string of the molecule is N#Cc1cc(C#C[C@H]2O[C@H](CO)[C@@H](O)[C@H](O)[C@@H]2O)ccc1C#C[C@H]1O[C@H](CO)[C@@H](O)[C@H](O)[C@@H]1O. The van der Waals surface area contributed by atoms with Gasteiger partial charge in [0.15, 0.2) is 0 Å². The van der Waals surface area contributed by atoms with Crippen LogP contribution in [-0.2, 0) is 9.47 Å². The highest BCUT2D eigenvalue weighted by atomic mass is 16.5. The molecule has 11 nitrogen and oxygen atoms in total. The Morgan fingerprint density at radius 1 is 0.676 bits per heavy atom. The van der Waals surface area contributed by atoms with Crippen molar-refractivity contribution in [1.29, 1.82) is 5.26 Å². The van der Waals surface area contributed by atoms with Crippen molar-refractivity contribution in [2.45, 2.75) is 61.0 Å². The van der Waals surface area contributed by atoms with E-state index in [1.165, 1.54) is 18.2 Å². The summed E-state index contributed by atoms with van der Waals surface area (Å²) in [6, 6.07) is 6.37. The number of aliphatic hydroxyl groups excluding tert-OH is 8. The van der Waals surface area contributed by atoms with E-state index >= 15 is 0 Å². The van der Waals surface area contributed by atoms with Crippen LogP contribution in [0.25, 0.3) is 0 Å². The zero-order valence-corrected chi connectivity index (χ0v) is 17.8. The van der Waals surface area contributed by atoms with Gasteiger partial charge in [-0.25, -0.2) is 0 Å². The predicted molar refractivity (Wildman–Crippen MR) is 112 cm³/mol. The Labute approximate surface area is 195 Å². The first-order valence-electron chi connectivity index (χ1n) is 10.4. The van der Waals surface area contributed by atoms with Crippen molar-refractivity contribution in [2.75, 3.05) is 13.2 Å². The van der Waals surface area contributed by atoms with Crippen LogP contribution in [0.3, 0.4) is 0 Å². The van der Waals surface area contributed by atoms with Crippen molar-refractivity contribution in [1.82, 2.24) is 0 Å². The van der Waals surface area contributed by atoms with Gasteiger partial charge < -0.3 is 50.3 Å². The third kappa shape index (κ3) is 5.39. The van der Waals surface area contributed by atoms with E-state index in [1.54, 1.807) is 0 Å². The topological polar surface area (TPSA) is 204 Å². The number of rotatable bonds is 2. The molecule has 2 saturated heterocycles. The van der Waals surface area contributed by atoms with Gasteiger partial charge in [0.25, 0.3) is 0 Å². The highest BCUT2D eigenvalue weighted by molar-refractivity contribution is 5.53. The molecule has 8 N–H and O–H groups in total. The monoisotopic (exact) mass is 475 g/mol. The molecule has 2 aliphatic heterocycles. The van der Waals surface area contributed by atoms with Gasteiger partial charge in [-0.3, -0.25) is 0 Å². The van der Waals surface area contributed by atoms with Crippen molar-refractivity contribution >= 4 is 0 Å². The molecule has 1 aromatic rings. The number of aliphatic hydroxyl groups is 8. The Bertz CT molecular complexity index is 1030. The minimum Gasteiger partial charge on any atom is -0.394 e. The number of benzene rings is 1. The quantitative estimate of drug-likeness (QED) is 0.193. The highest BCUT2D eigenvalue weighted by Crippen LogP contribution is 2.22. The first-order chi connectivity index (χ1) is 16.2. The number of hydrogen-bond donors (Lipinski definition) is 8. The van der Waals surface area contributed by atoms with Crippen LogP contribution in [-0.4, -0.2) is 115 Å². The maximum atomic E-state index is 10.1. The minimum absolute atomic E-state index is 0.123. The molecule has 0 unspecified atom stereocenters. The van der Waals surface area contributed by atoms with Gasteiger partial charge in [-0.05, 0) is 18.2 Å². The van der Waals surface area contributed by atoms with Crippen LogP contribution in [0.5, 0.6) is 0 Å². The van der Waals surface area contributed by atoms with E-state index in [2.05, 4.69) is 23.7 Å². The van der Waals surface area contributed by atoms with Gasteiger partial charge in [-0.15, -0.1) is 0 Å². The maximum Gasteiger partial charge on any atom is 0.147 e. The van der Waals surface area contributed by atoms with Crippen molar-refractivity contribution in [2.24, 2.45) is 0 Å². The molecule has 0 amide bonds. The summed E-state index contributed by atoms with van der Waals surface area (Å²) >= 11 is 0. The number of ether oxygens (including phenoxy) is 2. The molecule has 182 valence electrons. The first kappa shape index (κ1) is 26.0. The third-order valence-corrected chi connectivity index (χ3v) is 5.63. The molecule has 10 atom stereocenters. The van der Waals surface area contributed by atoms with Crippen LogP contribution in [0.4, 0.5) is 0 Å². The molecule has 11 heteroatoms. The fourth-order valence-corrected chi connectivity index (χ4v) is 3.57. The summed E-state index contributed by atoms with van der Waals surface area (Å²) in [5, 5.41) is 87.5. The fraction of sp³-hybridized carbons (Fsp3) is 0.522. The summed E-state index contributed by atoms with van der Waals surface area (Å²) in [7, 11) is 0. The van der Waals surface area contributed by atoms with Gasteiger partial charge in [-0.2, -0.15) is 5.26 Å². The maximum absolute atomic E-state index is 10.1.